The molecular formula is C13H19ClFNO. The molecule has 1 aromatic rings. The summed E-state index contributed by atoms with van der Waals surface area (Å²) in [4.78, 5) is 0. The summed E-state index contributed by atoms with van der Waals surface area (Å²) in [5.74, 6) is 0.854. The first-order valence-corrected chi connectivity index (χ1v) is 5.94. The van der Waals surface area contributed by atoms with E-state index < -0.39 is 0 Å². The molecule has 1 aliphatic heterocycles. The Morgan fingerprint density at radius 1 is 1.35 bits per heavy atom. The van der Waals surface area contributed by atoms with Crippen molar-refractivity contribution in [3.8, 4) is 5.75 Å². The molecule has 96 valence electrons. The number of rotatable bonds is 3. The molecule has 2 nitrogen and oxygen atoms in total. The maximum atomic E-state index is 13.9. The first-order chi connectivity index (χ1) is 7.81. The number of piperidine rings is 1. The summed E-state index contributed by atoms with van der Waals surface area (Å²) in [5.41, 5.74) is 0.838. The average Bonchev–Trinajstić information content (AvgIpc) is 2.31. The topological polar surface area (TPSA) is 21.3 Å². The first kappa shape index (κ1) is 14.3. The van der Waals surface area contributed by atoms with Crippen molar-refractivity contribution in [1.29, 1.82) is 0 Å². The Hall–Kier alpha value is -0.800. The first-order valence-electron chi connectivity index (χ1n) is 5.94. The van der Waals surface area contributed by atoms with Crippen LogP contribution < -0.4 is 10.1 Å². The van der Waals surface area contributed by atoms with Gasteiger partial charge < -0.3 is 10.1 Å². The van der Waals surface area contributed by atoms with Gasteiger partial charge in [0, 0.05) is 6.07 Å². The predicted octanol–water partition coefficient (Wildman–Crippen LogP) is 3.11. The van der Waals surface area contributed by atoms with Gasteiger partial charge in [0.25, 0.3) is 0 Å². The van der Waals surface area contributed by atoms with E-state index in [1.165, 1.54) is 6.07 Å². The van der Waals surface area contributed by atoms with Gasteiger partial charge in [0.05, 0.1) is 6.61 Å². The zero-order chi connectivity index (χ0) is 11.4. The summed E-state index contributed by atoms with van der Waals surface area (Å²) in [7, 11) is 0. The highest BCUT2D eigenvalue weighted by Crippen LogP contribution is 2.29. The fourth-order valence-corrected chi connectivity index (χ4v) is 2.23. The van der Waals surface area contributed by atoms with E-state index in [1.807, 2.05) is 19.1 Å². The summed E-state index contributed by atoms with van der Waals surface area (Å²) in [6.45, 7) is 4.44. The molecule has 1 aliphatic rings. The molecule has 1 heterocycles. The Bertz CT molecular complexity index is 353. The van der Waals surface area contributed by atoms with E-state index in [9.17, 15) is 4.39 Å². The van der Waals surface area contributed by atoms with Crippen LogP contribution in [0.25, 0.3) is 0 Å². The number of nitrogens with one attached hydrogen (secondary N) is 1. The second-order valence-electron chi connectivity index (χ2n) is 4.14. The van der Waals surface area contributed by atoms with Crippen molar-refractivity contribution < 1.29 is 9.13 Å². The van der Waals surface area contributed by atoms with Crippen LogP contribution in [0, 0.1) is 5.82 Å². The Balaban J connectivity index is 0.00000144. The number of benzene rings is 1. The molecule has 0 unspecified atom stereocenters. The van der Waals surface area contributed by atoms with Gasteiger partial charge in [0.2, 0.25) is 0 Å². The number of halogens is 2. The molecule has 0 atom stereocenters. The second-order valence-corrected chi connectivity index (χ2v) is 4.14. The van der Waals surface area contributed by atoms with Gasteiger partial charge in [-0.25, -0.2) is 4.39 Å². The molecule has 0 amide bonds. The predicted molar refractivity (Wildman–Crippen MR) is 69.7 cm³/mol. The van der Waals surface area contributed by atoms with E-state index in [0.717, 1.165) is 31.5 Å². The molecule has 0 spiro atoms. The van der Waals surface area contributed by atoms with Crippen LogP contribution in [0.15, 0.2) is 18.2 Å². The minimum absolute atomic E-state index is 0. The number of hydrogen-bond acceptors (Lipinski definition) is 2. The van der Waals surface area contributed by atoms with Crippen LogP contribution in [0.1, 0.15) is 31.2 Å². The summed E-state index contributed by atoms with van der Waals surface area (Å²) < 4.78 is 19.1. The van der Waals surface area contributed by atoms with Gasteiger partial charge in [-0.15, -0.1) is 12.4 Å². The summed E-state index contributed by atoms with van der Waals surface area (Å²) in [6.07, 6.45) is 2.04. The Labute approximate surface area is 108 Å². The van der Waals surface area contributed by atoms with Crippen LogP contribution >= 0.6 is 12.4 Å². The lowest BCUT2D eigenvalue weighted by molar-refractivity contribution is 0.337. The maximum Gasteiger partial charge on any atom is 0.130 e. The molecule has 17 heavy (non-hydrogen) atoms. The monoisotopic (exact) mass is 259 g/mol. The average molecular weight is 260 g/mol. The van der Waals surface area contributed by atoms with Gasteiger partial charge >= 0.3 is 0 Å². The van der Waals surface area contributed by atoms with E-state index in [0.29, 0.717) is 18.3 Å². The molecule has 0 saturated carbocycles. The van der Waals surface area contributed by atoms with E-state index in [2.05, 4.69) is 5.32 Å². The Morgan fingerprint density at radius 2 is 2.06 bits per heavy atom. The zero-order valence-corrected chi connectivity index (χ0v) is 10.9. The van der Waals surface area contributed by atoms with Crippen molar-refractivity contribution in [1.82, 2.24) is 5.32 Å². The third kappa shape index (κ3) is 3.58. The summed E-state index contributed by atoms with van der Waals surface area (Å²) in [5, 5.41) is 3.29. The molecule has 1 aromatic carbocycles. The molecule has 4 heteroatoms. The van der Waals surface area contributed by atoms with Crippen LogP contribution in [0.3, 0.4) is 0 Å². The van der Waals surface area contributed by atoms with Gasteiger partial charge in [0.1, 0.15) is 11.6 Å². The van der Waals surface area contributed by atoms with Crippen molar-refractivity contribution in [3.63, 3.8) is 0 Å². The molecule has 0 aliphatic carbocycles. The highest BCUT2D eigenvalue weighted by atomic mass is 35.5. The minimum atomic E-state index is -0.127. The smallest absolute Gasteiger partial charge is 0.130 e. The highest BCUT2D eigenvalue weighted by Gasteiger charge is 2.18. The van der Waals surface area contributed by atoms with Crippen LogP contribution in [-0.4, -0.2) is 19.7 Å². The molecule has 1 saturated heterocycles. The minimum Gasteiger partial charge on any atom is -0.494 e. The van der Waals surface area contributed by atoms with Gasteiger partial charge in [-0.3, -0.25) is 0 Å². The molecule has 1 fully saturated rings. The summed E-state index contributed by atoms with van der Waals surface area (Å²) in [6, 6.07) is 5.24. The normalized spacial score (nSPS) is 16.4. The van der Waals surface area contributed by atoms with E-state index in [1.54, 1.807) is 0 Å². The van der Waals surface area contributed by atoms with E-state index >= 15 is 0 Å². The van der Waals surface area contributed by atoms with E-state index in [4.69, 9.17) is 4.74 Å². The van der Waals surface area contributed by atoms with Gasteiger partial charge in [0.15, 0.2) is 0 Å². The standard InChI is InChI=1S/C13H18FNO.ClH/c1-2-16-11-3-4-12(13(14)9-11)10-5-7-15-8-6-10;/h3-4,9-10,15H,2,5-8H2,1H3;1H. The SMILES string of the molecule is CCOc1ccc(C2CCNCC2)c(F)c1.Cl. The highest BCUT2D eigenvalue weighted by molar-refractivity contribution is 5.85. The second kappa shape index (κ2) is 6.82. The third-order valence-electron chi connectivity index (χ3n) is 3.06. The van der Waals surface area contributed by atoms with Crippen LogP contribution in [0.2, 0.25) is 0 Å². The number of hydrogen-bond donors (Lipinski definition) is 1. The fraction of sp³-hybridized carbons (Fsp3) is 0.538. The van der Waals surface area contributed by atoms with Gasteiger partial charge in [-0.1, -0.05) is 6.07 Å². The lowest BCUT2D eigenvalue weighted by Crippen LogP contribution is -2.27. The van der Waals surface area contributed by atoms with Crippen LogP contribution in [-0.2, 0) is 0 Å². The summed E-state index contributed by atoms with van der Waals surface area (Å²) >= 11 is 0. The molecule has 2 rings (SSSR count). The van der Waals surface area contributed by atoms with Crippen LogP contribution in [0.5, 0.6) is 5.75 Å². The fourth-order valence-electron chi connectivity index (χ4n) is 2.23. The Kier molecular flexibility index (Phi) is 5.72. The third-order valence-corrected chi connectivity index (χ3v) is 3.06. The molecule has 0 radical (unpaired) electrons. The lowest BCUT2D eigenvalue weighted by Gasteiger charge is -2.23. The molecule has 1 N–H and O–H groups in total. The van der Waals surface area contributed by atoms with Crippen molar-refractivity contribution in [3.05, 3.63) is 29.6 Å². The quantitative estimate of drug-likeness (QED) is 0.901. The Morgan fingerprint density at radius 3 is 2.65 bits per heavy atom. The van der Waals surface area contributed by atoms with Gasteiger partial charge in [-0.05, 0) is 50.4 Å². The van der Waals surface area contributed by atoms with Crippen molar-refractivity contribution in [2.75, 3.05) is 19.7 Å². The van der Waals surface area contributed by atoms with E-state index in [-0.39, 0.29) is 18.2 Å². The molecule has 0 bridgehead atoms. The molecule has 0 aromatic heterocycles. The number of ether oxygens (including phenoxy) is 1. The van der Waals surface area contributed by atoms with Crippen LogP contribution in [0.4, 0.5) is 4.39 Å². The molecular weight excluding hydrogens is 241 g/mol. The maximum absolute atomic E-state index is 13.9. The van der Waals surface area contributed by atoms with Gasteiger partial charge in [-0.2, -0.15) is 0 Å². The zero-order valence-electron chi connectivity index (χ0n) is 10.0. The van der Waals surface area contributed by atoms with Crippen molar-refractivity contribution in [2.45, 2.75) is 25.7 Å². The lowest BCUT2D eigenvalue weighted by atomic mass is 9.90. The largest absolute Gasteiger partial charge is 0.494 e. The van der Waals surface area contributed by atoms with Crippen molar-refractivity contribution in [2.24, 2.45) is 0 Å². The van der Waals surface area contributed by atoms with Crippen molar-refractivity contribution >= 4 is 12.4 Å².